The number of carbonyl (C=O) groups excluding carboxylic acids is 1. The number of rotatable bonds is 6. The second kappa shape index (κ2) is 8.44. The number of carbonyl (C=O) groups is 1. The van der Waals surface area contributed by atoms with Gasteiger partial charge in [0.05, 0.1) is 6.04 Å². The molecule has 0 aromatic heterocycles. The van der Waals surface area contributed by atoms with E-state index in [1.807, 2.05) is 37.3 Å². The summed E-state index contributed by atoms with van der Waals surface area (Å²) < 4.78 is 12.2. The van der Waals surface area contributed by atoms with Gasteiger partial charge in [-0.3, -0.25) is 4.79 Å². The van der Waals surface area contributed by atoms with Gasteiger partial charge < -0.3 is 14.8 Å². The maximum absolute atomic E-state index is 12.9. The minimum atomic E-state index is -0.617. The molecule has 0 unspecified atom stereocenters. The van der Waals surface area contributed by atoms with Gasteiger partial charge in [-0.1, -0.05) is 43.6 Å². The Balaban J connectivity index is 1.75. The maximum Gasteiger partial charge on any atom is 0.261 e. The average Bonchev–Trinajstić information content (AvgIpc) is 2.70. The van der Waals surface area contributed by atoms with Gasteiger partial charge in [0.1, 0.15) is 17.1 Å². The number of aryl methyl sites for hydroxylation is 1. The quantitative estimate of drug-likeness (QED) is 0.683. The summed E-state index contributed by atoms with van der Waals surface area (Å²) in [6.07, 6.45) is 1.91. The summed E-state index contributed by atoms with van der Waals surface area (Å²) in [6, 6.07) is 13.2. The van der Waals surface area contributed by atoms with Crippen LogP contribution in [0.4, 0.5) is 0 Å². The molecule has 1 aliphatic heterocycles. The maximum atomic E-state index is 12.9. The third kappa shape index (κ3) is 4.27. The Bertz CT molecular complexity index is 847. The van der Waals surface area contributed by atoms with Gasteiger partial charge in [-0.25, -0.2) is 0 Å². The van der Waals surface area contributed by atoms with E-state index in [9.17, 15) is 4.79 Å². The zero-order valence-corrected chi connectivity index (χ0v) is 17.7. The number of ether oxygens (including phenoxy) is 2. The van der Waals surface area contributed by atoms with Crippen molar-refractivity contribution in [2.75, 3.05) is 0 Å². The van der Waals surface area contributed by atoms with E-state index in [2.05, 4.69) is 19.2 Å². The number of hydrogen-bond donors (Lipinski definition) is 1. The van der Waals surface area contributed by atoms with Crippen LogP contribution < -0.4 is 14.8 Å². The summed E-state index contributed by atoms with van der Waals surface area (Å²) in [5, 5.41) is 3.85. The van der Waals surface area contributed by atoms with Crippen LogP contribution in [0.25, 0.3) is 0 Å². The van der Waals surface area contributed by atoms with Gasteiger partial charge in [0.2, 0.25) is 0 Å². The highest BCUT2D eigenvalue weighted by Crippen LogP contribution is 2.42. The summed E-state index contributed by atoms with van der Waals surface area (Å²) >= 11 is 6.06. The minimum absolute atomic E-state index is 0.102. The highest BCUT2D eigenvalue weighted by Gasteiger charge is 2.39. The first-order valence-corrected chi connectivity index (χ1v) is 10.3. The number of nitrogens with one attached hydrogen (secondary N) is 1. The molecule has 1 N–H and O–H groups in total. The Kier molecular flexibility index (Phi) is 6.19. The topological polar surface area (TPSA) is 47.6 Å². The molecular formula is C23H28ClNO3. The lowest BCUT2D eigenvalue weighted by Crippen LogP contribution is -2.46. The van der Waals surface area contributed by atoms with Gasteiger partial charge in [0, 0.05) is 17.0 Å². The lowest BCUT2D eigenvalue weighted by Gasteiger charge is -2.41. The molecule has 2 aromatic rings. The normalized spacial score (nSPS) is 18.5. The van der Waals surface area contributed by atoms with E-state index in [0.717, 1.165) is 36.1 Å². The summed E-state index contributed by atoms with van der Waals surface area (Å²) in [7, 11) is 0. The van der Waals surface area contributed by atoms with Gasteiger partial charge in [0.15, 0.2) is 6.10 Å². The standard InChI is InChI=1S/C23H28ClNO3/c1-5-23(6-2)14-20(18-9-7-8-10-21(18)28-23)25-22(26)16(4)27-17-11-12-19(24)15(3)13-17/h7-13,16,20H,5-6,14H2,1-4H3,(H,25,26)/t16-,20-/m0/s1. The monoisotopic (exact) mass is 401 g/mol. The van der Waals surface area contributed by atoms with Crippen molar-refractivity contribution < 1.29 is 14.3 Å². The summed E-state index contributed by atoms with van der Waals surface area (Å²) in [4.78, 5) is 12.9. The van der Waals surface area contributed by atoms with E-state index in [1.165, 1.54) is 0 Å². The molecule has 0 spiro atoms. The van der Waals surface area contributed by atoms with Gasteiger partial charge in [-0.05, 0) is 56.5 Å². The van der Waals surface area contributed by atoms with Crippen LogP contribution in [0.3, 0.4) is 0 Å². The van der Waals surface area contributed by atoms with E-state index in [1.54, 1.807) is 19.1 Å². The fourth-order valence-corrected chi connectivity index (χ4v) is 3.78. The molecule has 1 aliphatic rings. The fourth-order valence-electron chi connectivity index (χ4n) is 3.67. The Labute approximate surface area is 172 Å². The van der Waals surface area contributed by atoms with Crippen molar-refractivity contribution in [3.05, 3.63) is 58.6 Å². The first kappa shape index (κ1) is 20.5. The molecule has 28 heavy (non-hydrogen) atoms. The molecule has 3 rings (SSSR count). The Hall–Kier alpha value is -2.20. The van der Waals surface area contributed by atoms with Gasteiger partial charge >= 0.3 is 0 Å². The first-order valence-electron chi connectivity index (χ1n) is 9.88. The molecule has 0 radical (unpaired) electrons. The van der Waals surface area contributed by atoms with Gasteiger partial charge in [0.25, 0.3) is 5.91 Å². The van der Waals surface area contributed by atoms with Crippen molar-refractivity contribution in [3.8, 4) is 11.5 Å². The van der Waals surface area contributed by atoms with Crippen molar-refractivity contribution in [2.24, 2.45) is 0 Å². The number of hydrogen-bond acceptors (Lipinski definition) is 3. The predicted molar refractivity (Wildman–Crippen MR) is 112 cm³/mol. The van der Waals surface area contributed by atoms with Crippen LogP contribution in [0.15, 0.2) is 42.5 Å². The van der Waals surface area contributed by atoms with Crippen LogP contribution in [0.2, 0.25) is 5.02 Å². The van der Waals surface area contributed by atoms with Crippen molar-refractivity contribution in [1.29, 1.82) is 0 Å². The Morgan fingerprint density at radius 3 is 2.68 bits per heavy atom. The zero-order valence-electron chi connectivity index (χ0n) is 16.9. The van der Waals surface area contributed by atoms with Crippen LogP contribution in [-0.4, -0.2) is 17.6 Å². The molecule has 150 valence electrons. The second-order valence-electron chi connectivity index (χ2n) is 7.47. The van der Waals surface area contributed by atoms with E-state index < -0.39 is 6.10 Å². The molecule has 5 heteroatoms. The number of halogens is 1. The van der Waals surface area contributed by atoms with Crippen molar-refractivity contribution in [3.63, 3.8) is 0 Å². The number of fused-ring (bicyclic) bond motifs is 1. The lowest BCUT2D eigenvalue weighted by atomic mass is 9.83. The third-order valence-corrected chi connectivity index (χ3v) is 6.04. The van der Waals surface area contributed by atoms with E-state index in [4.69, 9.17) is 21.1 Å². The minimum Gasteiger partial charge on any atom is -0.487 e. The molecule has 0 aliphatic carbocycles. The van der Waals surface area contributed by atoms with E-state index in [-0.39, 0.29) is 17.6 Å². The van der Waals surface area contributed by atoms with Crippen molar-refractivity contribution in [2.45, 2.75) is 64.7 Å². The van der Waals surface area contributed by atoms with Gasteiger partial charge in [-0.15, -0.1) is 0 Å². The number of para-hydroxylation sites is 1. The lowest BCUT2D eigenvalue weighted by molar-refractivity contribution is -0.128. The molecule has 4 nitrogen and oxygen atoms in total. The Morgan fingerprint density at radius 1 is 1.29 bits per heavy atom. The number of amides is 1. The zero-order chi connectivity index (χ0) is 20.3. The second-order valence-corrected chi connectivity index (χ2v) is 7.87. The molecule has 0 bridgehead atoms. The van der Waals surface area contributed by atoms with Gasteiger partial charge in [-0.2, -0.15) is 0 Å². The molecule has 1 heterocycles. The molecule has 0 saturated heterocycles. The molecule has 1 amide bonds. The highest BCUT2D eigenvalue weighted by atomic mass is 35.5. The molecule has 0 saturated carbocycles. The van der Waals surface area contributed by atoms with E-state index >= 15 is 0 Å². The summed E-state index contributed by atoms with van der Waals surface area (Å²) in [5.74, 6) is 1.34. The highest BCUT2D eigenvalue weighted by molar-refractivity contribution is 6.31. The van der Waals surface area contributed by atoms with Crippen LogP contribution >= 0.6 is 11.6 Å². The molecule has 2 aromatic carbocycles. The predicted octanol–water partition coefficient (Wildman–Crippen LogP) is 5.61. The third-order valence-electron chi connectivity index (χ3n) is 5.61. The smallest absolute Gasteiger partial charge is 0.261 e. The first-order chi connectivity index (χ1) is 13.4. The van der Waals surface area contributed by atoms with Crippen LogP contribution in [-0.2, 0) is 4.79 Å². The molecular weight excluding hydrogens is 374 g/mol. The fraction of sp³-hybridized carbons (Fsp3) is 0.435. The summed E-state index contributed by atoms with van der Waals surface area (Å²) in [5.41, 5.74) is 1.67. The van der Waals surface area contributed by atoms with Crippen molar-refractivity contribution >= 4 is 17.5 Å². The molecule has 0 fully saturated rings. The summed E-state index contributed by atoms with van der Waals surface area (Å²) in [6.45, 7) is 7.93. The van der Waals surface area contributed by atoms with Crippen LogP contribution in [0.5, 0.6) is 11.5 Å². The molecule has 2 atom stereocenters. The largest absolute Gasteiger partial charge is 0.487 e. The van der Waals surface area contributed by atoms with E-state index in [0.29, 0.717) is 10.8 Å². The SMILES string of the molecule is CCC1(CC)C[C@H](NC(=O)[C@H](C)Oc2ccc(Cl)c(C)c2)c2ccccc2O1. The van der Waals surface area contributed by atoms with Crippen molar-refractivity contribution in [1.82, 2.24) is 5.32 Å². The van der Waals surface area contributed by atoms with Crippen LogP contribution in [0.1, 0.15) is 57.2 Å². The average molecular weight is 402 g/mol. The Morgan fingerprint density at radius 2 is 2.00 bits per heavy atom. The number of benzene rings is 2. The van der Waals surface area contributed by atoms with Crippen LogP contribution in [0, 0.1) is 6.92 Å².